The van der Waals surface area contributed by atoms with Crippen LogP contribution in [0.5, 0.6) is 0 Å². The van der Waals surface area contributed by atoms with Crippen molar-refractivity contribution in [2.45, 2.75) is 0 Å². The Morgan fingerprint density at radius 2 is 2.25 bits per heavy atom. The minimum Gasteiger partial charge on any atom is -0.395 e. The van der Waals surface area contributed by atoms with Gasteiger partial charge in [-0.1, -0.05) is 0 Å². The fraction of sp³-hybridized carbons (Fsp3) is 0.250. The predicted molar refractivity (Wildman–Crippen MR) is 49.7 cm³/mol. The van der Waals surface area contributed by atoms with Gasteiger partial charge in [0.05, 0.1) is 11.1 Å². The highest BCUT2D eigenvalue weighted by molar-refractivity contribution is 9.10. The predicted octanol–water partition coefficient (Wildman–Crippen LogP) is 1.99. The van der Waals surface area contributed by atoms with Crippen LogP contribution in [0.2, 0.25) is 0 Å². The highest BCUT2D eigenvalue weighted by Crippen LogP contribution is 2.19. The largest absolute Gasteiger partial charge is 0.395 e. The fourth-order valence-electron chi connectivity index (χ4n) is 0.806. The fourth-order valence-corrected chi connectivity index (χ4v) is 1.19. The molecular weight excluding hydrogens is 225 g/mol. The molecule has 0 saturated carbocycles. The van der Waals surface area contributed by atoms with E-state index in [2.05, 4.69) is 21.2 Å². The van der Waals surface area contributed by atoms with Crippen molar-refractivity contribution in [2.24, 2.45) is 0 Å². The molecule has 12 heavy (non-hydrogen) atoms. The van der Waals surface area contributed by atoms with Gasteiger partial charge in [0.2, 0.25) is 0 Å². The first-order valence-corrected chi connectivity index (χ1v) is 4.33. The molecule has 0 aliphatic rings. The summed E-state index contributed by atoms with van der Waals surface area (Å²) in [5.74, 6) is -0.287. The topological polar surface area (TPSA) is 32.3 Å². The van der Waals surface area contributed by atoms with E-state index in [9.17, 15) is 4.39 Å². The molecule has 0 unspecified atom stereocenters. The normalized spacial score (nSPS) is 9.92. The van der Waals surface area contributed by atoms with Gasteiger partial charge in [0.1, 0.15) is 5.82 Å². The van der Waals surface area contributed by atoms with Gasteiger partial charge in [-0.05, 0) is 34.1 Å². The molecule has 0 saturated heterocycles. The van der Waals surface area contributed by atoms with Gasteiger partial charge in [-0.2, -0.15) is 0 Å². The first-order chi connectivity index (χ1) is 5.74. The highest BCUT2D eigenvalue weighted by atomic mass is 79.9. The van der Waals surface area contributed by atoms with Crippen LogP contribution in [0.3, 0.4) is 0 Å². The molecular formula is C8H9BrFNO. The number of rotatable bonds is 3. The second-order valence-corrected chi connectivity index (χ2v) is 3.13. The number of aliphatic hydroxyl groups excluding tert-OH is 1. The third-order valence-corrected chi connectivity index (χ3v) is 1.97. The number of halogens is 2. The Labute approximate surface area is 78.5 Å². The Hall–Kier alpha value is -0.610. The molecule has 0 radical (unpaired) electrons. The van der Waals surface area contributed by atoms with Crippen LogP contribution in [0, 0.1) is 5.82 Å². The van der Waals surface area contributed by atoms with Crippen LogP contribution in [0.4, 0.5) is 10.1 Å². The van der Waals surface area contributed by atoms with E-state index in [1.807, 2.05) is 0 Å². The van der Waals surface area contributed by atoms with Crippen molar-refractivity contribution in [3.63, 3.8) is 0 Å². The molecule has 0 fully saturated rings. The van der Waals surface area contributed by atoms with Gasteiger partial charge in [-0.3, -0.25) is 0 Å². The summed E-state index contributed by atoms with van der Waals surface area (Å²) in [5, 5.41) is 11.4. The van der Waals surface area contributed by atoms with Crippen molar-refractivity contribution in [2.75, 3.05) is 18.5 Å². The molecule has 4 heteroatoms. The van der Waals surface area contributed by atoms with E-state index in [1.54, 1.807) is 12.1 Å². The van der Waals surface area contributed by atoms with Crippen molar-refractivity contribution in [1.29, 1.82) is 0 Å². The van der Waals surface area contributed by atoms with Crippen LogP contribution >= 0.6 is 15.9 Å². The smallest absolute Gasteiger partial charge is 0.137 e. The summed E-state index contributed by atoms with van der Waals surface area (Å²) >= 11 is 3.06. The zero-order valence-electron chi connectivity index (χ0n) is 6.35. The number of nitrogens with one attached hydrogen (secondary N) is 1. The van der Waals surface area contributed by atoms with Gasteiger partial charge in [-0.15, -0.1) is 0 Å². The minimum atomic E-state index is -0.287. The second kappa shape index (κ2) is 4.42. The summed E-state index contributed by atoms with van der Waals surface area (Å²) < 4.78 is 13.1. The van der Waals surface area contributed by atoms with E-state index in [-0.39, 0.29) is 12.4 Å². The molecule has 66 valence electrons. The molecule has 1 aromatic rings. The maximum atomic E-state index is 12.7. The van der Waals surface area contributed by atoms with Crippen molar-refractivity contribution >= 4 is 21.6 Å². The van der Waals surface area contributed by atoms with Crippen LogP contribution in [0.25, 0.3) is 0 Å². The number of anilines is 1. The molecule has 1 rings (SSSR count). The maximum absolute atomic E-state index is 12.7. The lowest BCUT2D eigenvalue weighted by atomic mass is 10.3. The number of hydrogen-bond acceptors (Lipinski definition) is 2. The molecule has 0 amide bonds. The van der Waals surface area contributed by atoms with Crippen LogP contribution < -0.4 is 5.32 Å². The van der Waals surface area contributed by atoms with Gasteiger partial charge < -0.3 is 10.4 Å². The first kappa shape index (κ1) is 9.48. The Morgan fingerprint density at radius 1 is 1.50 bits per heavy atom. The summed E-state index contributed by atoms with van der Waals surface area (Å²) in [4.78, 5) is 0. The average Bonchev–Trinajstić information content (AvgIpc) is 2.07. The monoisotopic (exact) mass is 233 g/mol. The van der Waals surface area contributed by atoms with Crippen molar-refractivity contribution in [3.8, 4) is 0 Å². The van der Waals surface area contributed by atoms with Crippen LogP contribution in [0.1, 0.15) is 0 Å². The molecule has 0 aliphatic carbocycles. The molecule has 0 aliphatic heterocycles. The second-order valence-electron chi connectivity index (χ2n) is 2.28. The summed E-state index contributed by atoms with van der Waals surface area (Å²) in [7, 11) is 0. The van der Waals surface area contributed by atoms with E-state index in [4.69, 9.17) is 5.11 Å². The highest BCUT2D eigenvalue weighted by Gasteiger charge is 1.98. The molecule has 0 atom stereocenters. The lowest BCUT2D eigenvalue weighted by Gasteiger charge is -2.04. The lowest BCUT2D eigenvalue weighted by molar-refractivity contribution is 0.311. The molecule has 0 heterocycles. The van der Waals surface area contributed by atoms with Gasteiger partial charge in [0, 0.05) is 12.2 Å². The Balaban J connectivity index is 2.69. The van der Waals surface area contributed by atoms with Crippen molar-refractivity contribution in [3.05, 3.63) is 28.5 Å². The van der Waals surface area contributed by atoms with E-state index in [0.29, 0.717) is 11.0 Å². The van der Waals surface area contributed by atoms with Crippen molar-refractivity contribution in [1.82, 2.24) is 0 Å². The summed E-state index contributed by atoms with van der Waals surface area (Å²) in [6.07, 6.45) is 0. The zero-order chi connectivity index (χ0) is 8.97. The Morgan fingerprint density at radius 3 is 2.83 bits per heavy atom. The molecule has 2 N–H and O–H groups in total. The molecule has 0 bridgehead atoms. The first-order valence-electron chi connectivity index (χ1n) is 3.54. The molecule has 0 aromatic heterocycles. The standard InChI is InChI=1S/C8H9BrFNO/c9-7-5-6(11-3-4-12)1-2-8(7)10/h1-2,5,11-12H,3-4H2. The van der Waals surface area contributed by atoms with E-state index in [0.717, 1.165) is 5.69 Å². The Kier molecular flexibility index (Phi) is 3.49. The average molecular weight is 234 g/mol. The van der Waals surface area contributed by atoms with Crippen LogP contribution in [-0.2, 0) is 0 Å². The van der Waals surface area contributed by atoms with E-state index >= 15 is 0 Å². The molecule has 1 aromatic carbocycles. The summed E-state index contributed by atoms with van der Waals surface area (Å²) in [5.41, 5.74) is 0.789. The number of hydrogen-bond donors (Lipinski definition) is 2. The number of aliphatic hydroxyl groups is 1. The van der Waals surface area contributed by atoms with Gasteiger partial charge >= 0.3 is 0 Å². The van der Waals surface area contributed by atoms with Crippen LogP contribution in [-0.4, -0.2) is 18.3 Å². The molecule has 2 nitrogen and oxygen atoms in total. The molecule has 0 spiro atoms. The van der Waals surface area contributed by atoms with E-state index < -0.39 is 0 Å². The maximum Gasteiger partial charge on any atom is 0.137 e. The SMILES string of the molecule is OCCNc1ccc(F)c(Br)c1. The van der Waals surface area contributed by atoms with Crippen molar-refractivity contribution < 1.29 is 9.50 Å². The zero-order valence-corrected chi connectivity index (χ0v) is 7.94. The summed E-state index contributed by atoms with van der Waals surface area (Å²) in [6.45, 7) is 0.535. The minimum absolute atomic E-state index is 0.0645. The third kappa shape index (κ3) is 2.46. The van der Waals surface area contributed by atoms with E-state index in [1.165, 1.54) is 6.07 Å². The quantitative estimate of drug-likeness (QED) is 0.838. The van der Waals surface area contributed by atoms with Crippen LogP contribution in [0.15, 0.2) is 22.7 Å². The van der Waals surface area contributed by atoms with Gasteiger partial charge in [-0.25, -0.2) is 4.39 Å². The summed E-state index contributed by atoms with van der Waals surface area (Å²) in [6, 6.07) is 4.62. The third-order valence-electron chi connectivity index (χ3n) is 1.36. The lowest BCUT2D eigenvalue weighted by Crippen LogP contribution is -2.05. The Bertz CT molecular complexity index is 267. The number of benzene rings is 1. The van der Waals surface area contributed by atoms with Gasteiger partial charge in [0.15, 0.2) is 0 Å². The van der Waals surface area contributed by atoms with Gasteiger partial charge in [0.25, 0.3) is 0 Å².